The molecule has 0 saturated heterocycles. The summed E-state index contributed by atoms with van der Waals surface area (Å²) in [5.74, 6) is 0. The first kappa shape index (κ1) is 14.0. The fourth-order valence-corrected chi connectivity index (χ4v) is 3.66. The molecule has 2 rings (SSSR count). The maximum atomic E-state index is 9.51. The number of aromatic nitrogens is 1. The van der Waals surface area contributed by atoms with Crippen molar-refractivity contribution in [2.75, 3.05) is 6.61 Å². The largest absolute Gasteiger partial charge is 0.396 e. The number of aliphatic hydroxyl groups is 1. The highest BCUT2D eigenvalue weighted by Gasteiger charge is 2.37. The van der Waals surface area contributed by atoms with Crippen molar-refractivity contribution in [1.82, 2.24) is 10.3 Å². The van der Waals surface area contributed by atoms with Gasteiger partial charge in [-0.3, -0.25) is 0 Å². The van der Waals surface area contributed by atoms with Crippen LogP contribution in [-0.2, 0) is 13.0 Å². The second-order valence-corrected chi connectivity index (χ2v) is 6.56. The van der Waals surface area contributed by atoms with Crippen molar-refractivity contribution in [3.63, 3.8) is 0 Å². The van der Waals surface area contributed by atoms with Crippen molar-refractivity contribution >= 4 is 11.3 Å². The van der Waals surface area contributed by atoms with E-state index in [0.29, 0.717) is 6.04 Å². The van der Waals surface area contributed by atoms with Crippen LogP contribution < -0.4 is 5.32 Å². The molecular weight excluding hydrogens is 244 g/mol. The van der Waals surface area contributed by atoms with E-state index in [4.69, 9.17) is 0 Å². The third-order valence-electron chi connectivity index (χ3n) is 4.04. The molecule has 1 aliphatic carbocycles. The molecule has 2 atom stereocenters. The van der Waals surface area contributed by atoms with Crippen molar-refractivity contribution in [2.45, 2.75) is 58.5 Å². The summed E-state index contributed by atoms with van der Waals surface area (Å²) in [6, 6.07) is 0.429. The van der Waals surface area contributed by atoms with Gasteiger partial charge in [0.1, 0.15) is 0 Å². The summed E-state index contributed by atoms with van der Waals surface area (Å²) < 4.78 is 0. The van der Waals surface area contributed by atoms with Crippen LogP contribution in [0.2, 0.25) is 0 Å². The lowest BCUT2D eigenvalue weighted by molar-refractivity contribution is 0.118. The van der Waals surface area contributed by atoms with Crippen LogP contribution in [0.5, 0.6) is 0 Å². The molecule has 0 amide bonds. The molecule has 1 aliphatic rings. The highest BCUT2D eigenvalue weighted by Crippen LogP contribution is 2.37. The molecule has 4 heteroatoms. The Morgan fingerprint density at radius 3 is 3.17 bits per heavy atom. The van der Waals surface area contributed by atoms with Crippen LogP contribution in [0.1, 0.15) is 50.2 Å². The second-order valence-electron chi connectivity index (χ2n) is 5.62. The van der Waals surface area contributed by atoms with Crippen LogP contribution in [0.3, 0.4) is 0 Å². The van der Waals surface area contributed by atoms with Crippen LogP contribution in [0.25, 0.3) is 0 Å². The lowest BCUT2D eigenvalue weighted by Crippen LogP contribution is -2.41. The molecule has 18 heavy (non-hydrogen) atoms. The fourth-order valence-electron chi connectivity index (χ4n) is 2.76. The minimum atomic E-state index is 0.0578. The highest BCUT2D eigenvalue weighted by molar-refractivity contribution is 7.09. The number of nitrogens with one attached hydrogen (secondary N) is 1. The van der Waals surface area contributed by atoms with Crippen LogP contribution in [-0.4, -0.2) is 22.7 Å². The number of aryl methyl sites for hydroxylation is 1. The molecule has 0 bridgehead atoms. The second kappa shape index (κ2) is 6.13. The Kier molecular flexibility index (Phi) is 4.76. The molecule has 1 saturated carbocycles. The average molecular weight is 268 g/mol. The normalized spacial score (nSPS) is 27.8. The van der Waals surface area contributed by atoms with E-state index < -0.39 is 0 Å². The van der Waals surface area contributed by atoms with E-state index in [-0.39, 0.29) is 12.0 Å². The Morgan fingerprint density at radius 1 is 1.61 bits per heavy atom. The minimum absolute atomic E-state index is 0.0578. The van der Waals surface area contributed by atoms with Crippen molar-refractivity contribution in [3.8, 4) is 0 Å². The van der Waals surface area contributed by atoms with Crippen LogP contribution in [0.4, 0.5) is 0 Å². The molecule has 1 aromatic heterocycles. The predicted molar refractivity (Wildman–Crippen MR) is 75.8 cm³/mol. The molecule has 2 N–H and O–H groups in total. The van der Waals surface area contributed by atoms with Gasteiger partial charge in [0.25, 0.3) is 0 Å². The third-order valence-corrected chi connectivity index (χ3v) is 4.99. The SMILES string of the molecule is CCCc1nc(CN[C@@H]2CCC[C@]2(C)CO)cs1. The minimum Gasteiger partial charge on any atom is -0.396 e. The smallest absolute Gasteiger partial charge is 0.0928 e. The highest BCUT2D eigenvalue weighted by atomic mass is 32.1. The van der Waals surface area contributed by atoms with E-state index in [9.17, 15) is 5.11 Å². The Morgan fingerprint density at radius 2 is 2.44 bits per heavy atom. The van der Waals surface area contributed by atoms with E-state index in [1.54, 1.807) is 11.3 Å². The maximum Gasteiger partial charge on any atom is 0.0928 e. The topological polar surface area (TPSA) is 45.2 Å². The summed E-state index contributed by atoms with van der Waals surface area (Å²) in [5, 5.41) is 16.5. The van der Waals surface area contributed by atoms with Gasteiger partial charge >= 0.3 is 0 Å². The van der Waals surface area contributed by atoms with Gasteiger partial charge < -0.3 is 10.4 Å². The number of rotatable bonds is 6. The van der Waals surface area contributed by atoms with Gasteiger partial charge in [0.15, 0.2) is 0 Å². The summed E-state index contributed by atoms with van der Waals surface area (Å²) in [6.07, 6.45) is 5.75. The Balaban J connectivity index is 1.87. The van der Waals surface area contributed by atoms with Crippen LogP contribution >= 0.6 is 11.3 Å². The summed E-state index contributed by atoms with van der Waals surface area (Å²) in [4.78, 5) is 4.63. The van der Waals surface area contributed by atoms with Crippen LogP contribution in [0, 0.1) is 5.41 Å². The molecule has 102 valence electrons. The zero-order valence-corrected chi connectivity index (χ0v) is 12.2. The summed E-state index contributed by atoms with van der Waals surface area (Å²) in [7, 11) is 0. The van der Waals surface area contributed by atoms with E-state index in [0.717, 1.165) is 31.5 Å². The van der Waals surface area contributed by atoms with Crippen molar-refractivity contribution < 1.29 is 5.11 Å². The van der Waals surface area contributed by atoms with Gasteiger partial charge in [-0.25, -0.2) is 4.98 Å². The number of hydrogen-bond acceptors (Lipinski definition) is 4. The van der Waals surface area contributed by atoms with E-state index in [1.807, 2.05) is 0 Å². The first-order chi connectivity index (χ1) is 8.68. The molecule has 1 heterocycles. The van der Waals surface area contributed by atoms with Gasteiger partial charge in [0, 0.05) is 30.0 Å². The van der Waals surface area contributed by atoms with Gasteiger partial charge in [-0.2, -0.15) is 0 Å². The average Bonchev–Trinajstić information content (AvgIpc) is 2.95. The molecule has 3 nitrogen and oxygen atoms in total. The molecule has 0 aliphatic heterocycles. The van der Waals surface area contributed by atoms with E-state index in [1.165, 1.54) is 17.8 Å². The molecule has 0 radical (unpaired) electrons. The standard InChI is InChI=1S/C14H24N2OS/c1-3-5-13-16-11(9-18-13)8-15-12-6-4-7-14(12,2)10-17/h9,12,15,17H,3-8,10H2,1-2H3/t12-,14-/m1/s1. The van der Waals surface area contributed by atoms with Crippen LogP contribution in [0.15, 0.2) is 5.38 Å². The lowest BCUT2D eigenvalue weighted by Gasteiger charge is -2.30. The van der Waals surface area contributed by atoms with E-state index in [2.05, 4.69) is 29.5 Å². The van der Waals surface area contributed by atoms with E-state index >= 15 is 0 Å². The Labute approximate surface area is 114 Å². The molecule has 1 fully saturated rings. The number of nitrogens with zero attached hydrogens (tertiary/aromatic N) is 1. The van der Waals surface area contributed by atoms with Gasteiger partial charge in [-0.1, -0.05) is 20.3 Å². The molecule has 1 aromatic rings. The monoisotopic (exact) mass is 268 g/mol. The number of thiazole rings is 1. The number of aliphatic hydroxyl groups excluding tert-OH is 1. The molecule has 0 unspecified atom stereocenters. The first-order valence-electron chi connectivity index (χ1n) is 6.95. The Bertz CT molecular complexity index is 380. The molecule has 0 aromatic carbocycles. The maximum absolute atomic E-state index is 9.51. The fraction of sp³-hybridized carbons (Fsp3) is 0.786. The van der Waals surface area contributed by atoms with Crippen molar-refractivity contribution in [2.24, 2.45) is 5.41 Å². The first-order valence-corrected chi connectivity index (χ1v) is 7.83. The Hall–Kier alpha value is -0.450. The van der Waals surface area contributed by atoms with Gasteiger partial charge in [-0.05, 0) is 25.7 Å². The zero-order chi connectivity index (χ0) is 13.0. The van der Waals surface area contributed by atoms with Crippen molar-refractivity contribution in [3.05, 3.63) is 16.1 Å². The zero-order valence-electron chi connectivity index (χ0n) is 11.4. The third kappa shape index (κ3) is 3.11. The molecular formula is C14H24N2OS. The quantitative estimate of drug-likeness (QED) is 0.834. The number of hydrogen-bond donors (Lipinski definition) is 2. The lowest BCUT2D eigenvalue weighted by atomic mass is 9.86. The predicted octanol–water partition coefficient (Wildman–Crippen LogP) is 2.74. The van der Waals surface area contributed by atoms with Gasteiger partial charge in [0.05, 0.1) is 10.7 Å². The van der Waals surface area contributed by atoms with Gasteiger partial charge in [-0.15, -0.1) is 11.3 Å². The van der Waals surface area contributed by atoms with Crippen molar-refractivity contribution in [1.29, 1.82) is 0 Å². The summed E-state index contributed by atoms with van der Waals surface area (Å²) in [5.41, 5.74) is 1.21. The van der Waals surface area contributed by atoms with Gasteiger partial charge in [0.2, 0.25) is 0 Å². The molecule has 0 spiro atoms. The summed E-state index contributed by atoms with van der Waals surface area (Å²) in [6.45, 7) is 5.48. The summed E-state index contributed by atoms with van der Waals surface area (Å²) >= 11 is 1.76.